The molecule has 0 aliphatic carbocycles. The van der Waals surface area contributed by atoms with Crippen molar-refractivity contribution >= 4 is 39.1 Å². The molecule has 2 aromatic rings. The van der Waals surface area contributed by atoms with Crippen LogP contribution in [0.5, 0.6) is 0 Å². The van der Waals surface area contributed by atoms with Crippen molar-refractivity contribution in [1.29, 1.82) is 0 Å². The van der Waals surface area contributed by atoms with Crippen LogP contribution in [0.25, 0.3) is 0 Å². The van der Waals surface area contributed by atoms with Gasteiger partial charge in [0.25, 0.3) is 0 Å². The number of hydrogen-bond donors (Lipinski definition) is 0. The molecule has 1 saturated heterocycles. The smallest absolute Gasteiger partial charge is 0.243 e. The van der Waals surface area contributed by atoms with E-state index in [1.165, 1.54) is 4.31 Å². The predicted octanol–water partition coefficient (Wildman–Crippen LogP) is 4.75. The van der Waals surface area contributed by atoms with Crippen LogP contribution >= 0.6 is 23.2 Å². The van der Waals surface area contributed by atoms with Crippen molar-refractivity contribution in [2.75, 3.05) is 19.6 Å². The van der Waals surface area contributed by atoms with Gasteiger partial charge in [-0.1, -0.05) is 47.0 Å². The normalized spacial score (nSPS) is 15.9. The van der Waals surface area contributed by atoms with Gasteiger partial charge in [-0.15, -0.1) is 0 Å². The molecule has 5 nitrogen and oxygen atoms in total. The van der Waals surface area contributed by atoms with E-state index in [0.717, 1.165) is 11.1 Å². The lowest BCUT2D eigenvalue weighted by atomic mass is 9.96. The molecule has 1 aliphatic heterocycles. The van der Waals surface area contributed by atoms with Gasteiger partial charge < -0.3 is 4.90 Å². The molecular weight excluding hydrogens is 443 g/mol. The monoisotopic (exact) mass is 468 g/mol. The maximum Gasteiger partial charge on any atom is 0.243 e. The van der Waals surface area contributed by atoms with Gasteiger partial charge >= 0.3 is 0 Å². The van der Waals surface area contributed by atoms with Gasteiger partial charge in [-0.05, 0) is 56.5 Å². The van der Waals surface area contributed by atoms with Crippen LogP contribution in [0, 0.1) is 12.8 Å². The standard InChI is InChI=1S/C22H26Cl2N2O3S/c1-3-25(15-17-6-9-20(23)21(24)14-17)22(27)18-10-12-26(13-11-18)30(28,29)19-7-4-16(2)5-8-19/h4-9,14,18H,3,10-13,15H2,1-2H3. The van der Waals surface area contributed by atoms with E-state index in [-0.39, 0.29) is 11.8 Å². The van der Waals surface area contributed by atoms with Crippen molar-refractivity contribution in [2.24, 2.45) is 5.92 Å². The number of aryl methyl sites for hydroxylation is 1. The first-order valence-electron chi connectivity index (χ1n) is 10.0. The largest absolute Gasteiger partial charge is 0.338 e. The lowest BCUT2D eigenvalue weighted by Crippen LogP contribution is -2.44. The van der Waals surface area contributed by atoms with Gasteiger partial charge in [0, 0.05) is 32.1 Å². The minimum absolute atomic E-state index is 0.0518. The SMILES string of the molecule is CCN(Cc1ccc(Cl)c(Cl)c1)C(=O)C1CCN(S(=O)(=O)c2ccc(C)cc2)CC1. The lowest BCUT2D eigenvalue weighted by Gasteiger charge is -2.33. The number of sulfonamides is 1. The van der Waals surface area contributed by atoms with Crippen molar-refractivity contribution in [2.45, 2.75) is 38.1 Å². The number of amides is 1. The second-order valence-corrected chi connectivity index (χ2v) is 10.3. The van der Waals surface area contributed by atoms with Gasteiger partial charge in [0.2, 0.25) is 15.9 Å². The summed E-state index contributed by atoms with van der Waals surface area (Å²) in [7, 11) is -3.53. The molecule has 3 rings (SSSR count). The van der Waals surface area contributed by atoms with Gasteiger partial charge in [0.15, 0.2) is 0 Å². The van der Waals surface area contributed by atoms with Gasteiger partial charge in [-0.2, -0.15) is 4.31 Å². The van der Waals surface area contributed by atoms with Crippen molar-refractivity contribution in [3.05, 3.63) is 63.6 Å². The van der Waals surface area contributed by atoms with E-state index < -0.39 is 10.0 Å². The first-order valence-corrected chi connectivity index (χ1v) is 12.2. The van der Waals surface area contributed by atoms with Crippen LogP contribution in [0.1, 0.15) is 30.9 Å². The van der Waals surface area contributed by atoms with Crippen molar-refractivity contribution in [3.63, 3.8) is 0 Å². The Morgan fingerprint density at radius 3 is 2.27 bits per heavy atom. The second-order valence-electron chi connectivity index (χ2n) is 7.59. The highest BCUT2D eigenvalue weighted by atomic mass is 35.5. The molecule has 1 aliphatic rings. The van der Waals surface area contributed by atoms with E-state index >= 15 is 0 Å². The first kappa shape index (κ1) is 23.1. The Morgan fingerprint density at radius 2 is 1.70 bits per heavy atom. The molecule has 0 N–H and O–H groups in total. The molecule has 162 valence electrons. The maximum atomic E-state index is 13.0. The molecule has 1 fully saturated rings. The zero-order chi connectivity index (χ0) is 21.9. The third-order valence-corrected chi connectivity index (χ3v) is 8.16. The first-order chi connectivity index (χ1) is 14.2. The molecule has 30 heavy (non-hydrogen) atoms. The summed E-state index contributed by atoms with van der Waals surface area (Å²) in [4.78, 5) is 15.1. The summed E-state index contributed by atoms with van der Waals surface area (Å²) in [5.41, 5.74) is 1.93. The van der Waals surface area contributed by atoms with Crippen molar-refractivity contribution in [1.82, 2.24) is 9.21 Å². The number of rotatable bonds is 6. The number of piperidine rings is 1. The van der Waals surface area contributed by atoms with E-state index in [1.807, 2.05) is 19.9 Å². The van der Waals surface area contributed by atoms with Crippen LogP contribution in [-0.4, -0.2) is 43.2 Å². The van der Waals surface area contributed by atoms with Gasteiger partial charge in [0.1, 0.15) is 0 Å². The molecule has 0 radical (unpaired) electrons. The van der Waals surface area contributed by atoms with Crippen molar-refractivity contribution in [3.8, 4) is 0 Å². The Bertz CT molecular complexity index is 1000. The molecule has 0 saturated carbocycles. The third kappa shape index (κ3) is 5.17. The Hall–Kier alpha value is -1.60. The molecule has 0 unspecified atom stereocenters. The molecular formula is C22H26Cl2N2O3S. The quantitative estimate of drug-likeness (QED) is 0.614. The Labute approximate surface area is 188 Å². The molecule has 0 aromatic heterocycles. The van der Waals surface area contributed by atoms with E-state index in [0.29, 0.717) is 54.0 Å². The summed E-state index contributed by atoms with van der Waals surface area (Å²) in [5.74, 6) is -0.131. The van der Waals surface area contributed by atoms with Crippen LogP contribution in [0.4, 0.5) is 0 Å². The number of halogens is 2. The van der Waals surface area contributed by atoms with E-state index in [2.05, 4.69) is 0 Å². The number of carbonyl (C=O) groups excluding carboxylic acids is 1. The molecule has 0 bridgehead atoms. The van der Waals surface area contributed by atoms with Crippen LogP contribution < -0.4 is 0 Å². The highest BCUT2D eigenvalue weighted by Crippen LogP contribution is 2.27. The summed E-state index contributed by atoms with van der Waals surface area (Å²) in [6, 6.07) is 12.2. The zero-order valence-electron chi connectivity index (χ0n) is 17.1. The fourth-order valence-electron chi connectivity index (χ4n) is 3.66. The number of benzene rings is 2. The van der Waals surface area contributed by atoms with Gasteiger partial charge in [0.05, 0.1) is 14.9 Å². The third-order valence-electron chi connectivity index (χ3n) is 5.51. The van der Waals surface area contributed by atoms with Crippen LogP contribution in [-0.2, 0) is 21.4 Å². The average molecular weight is 469 g/mol. The molecule has 0 atom stereocenters. The molecule has 1 amide bonds. The summed E-state index contributed by atoms with van der Waals surface area (Å²) < 4.78 is 27.2. The topological polar surface area (TPSA) is 57.7 Å². The van der Waals surface area contributed by atoms with Crippen LogP contribution in [0.3, 0.4) is 0 Å². The highest BCUT2D eigenvalue weighted by molar-refractivity contribution is 7.89. The molecule has 2 aromatic carbocycles. The Morgan fingerprint density at radius 1 is 1.07 bits per heavy atom. The number of hydrogen-bond acceptors (Lipinski definition) is 3. The van der Waals surface area contributed by atoms with Gasteiger partial charge in [-0.3, -0.25) is 4.79 Å². The summed E-state index contributed by atoms with van der Waals surface area (Å²) in [5, 5.41) is 0.948. The average Bonchev–Trinajstić information content (AvgIpc) is 2.74. The van der Waals surface area contributed by atoms with Crippen LogP contribution in [0.15, 0.2) is 47.4 Å². The summed E-state index contributed by atoms with van der Waals surface area (Å²) in [6.45, 7) is 5.57. The Balaban J connectivity index is 1.63. The molecule has 1 heterocycles. The lowest BCUT2D eigenvalue weighted by molar-refractivity contribution is -0.137. The molecule has 8 heteroatoms. The van der Waals surface area contributed by atoms with E-state index in [1.54, 1.807) is 41.3 Å². The van der Waals surface area contributed by atoms with Crippen molar-refractivity contribution < 1.29 is 13.2 Å². The summed E-state index contributed by atoms with van der Waals surface area (Å²) >= 11 is 12.1. The molecule has 0 spiro atoms. The van der Waals surface area contributed by atoms with Crippen LogP contribution in [0.2, 0.25) is 10.0 Å². The summed E-state index contributed by atoms with van der Waals surface area (Å²) in [6.07, 6.45) is 1.03. The van der Waals surface area contributed by atoms with E-state index in [9.17, 15) is 13.2 Å². The van der Waals surface area contributed by atoms with E-state index in [4.69, 9.17) is 23.2 Å². The zero-order valence-corrected chi connectivity index (χ0v) is 19.5. The minimum atomic E-state index is -3.53. The number of carbonyl (C=O) groups is 1. The minimum Gasteiger partial charge on any atom is -0.338 e. The second kappa shape index (κ2) is 9.69. The predicted molar refractivity (Wildman–Crippen MR) is 120 cm³/mol. The fraction of sp³-hybridized carbons (Fsp3) is 0.409. The number of nitrogens with zero attached hydrogens (tertiary/aromatic N) is 2. The maximum absolute atomic E-state index is 13.0. The fourth-order valence-corrected chi connectivity index (χ4v) is 5.45. The van der Waals surface area contributed by atoms with Gasteiger partial charge in [-0.25, -0.2) is 8.42 Å². The Kier molecular flexibility index (Phi) is 7.45. The highest BCUT2D eigenvalue weighted by Gasteiger charge is 2.33.